The van der Waals surface area contributed by atoms with Crippen LogP contribution in [0.3, 0.4) is 0 Å². The Morgan fingerprint density at radius 3 is 0.630 bits per heavy atom. The molecule has 16 rings (SSSR count). The summed E-state index contributed by atoms with van der Waals surface area (Å²) in [6, 6.07) is 27.5. The Labute approximate surface area is 646 Å². The van der Waals surface area contributed by atoms with Gasteiger partial charge in [-0.3, -0.25) is 19.6 Å². The van der Waals surface area contributed by atoms with Gasteiger partial charge in [0.1, 0.15) is 0 Å². The van der Waals surface area contributed by atoms with E-state index in [-0.39, 0.29) is 0 Å². The fourth-order valence-electron chi connectivity index (χ4n) is 13.3. The van der Waals surface area contributed by atoms with Gasteiger partial charge in [0.25, 0.3) is 0 Å². The maximum atomic E-state index is 11.8. The summed E-state index contributed by atoms with van der Waals surface area (Å²) in [5.41, 5.74) is 17.0. The number of benzene rings is 4. The van der Waals surface area contributed by atoms with Crippen LogP contribution >= 0.6 is 45.3 Å². The minimum atomic E-state index is -2.77. The zero-order valence-corrected chi connectivity index (χ0v) is 67.9. The number of nitrogens with one attached hydrogen (secondary N) is 4. The van der Waals surface area contributed by atoms with Gasteiger partial charge in [0, 0.05) is 203 Å². The SMILES string of the molecule is C[C@@H](c1ccc2scnc2c1)N1CCN(c2ncc([S@@](C)(=N)=O)cn2)CC1.C[C@@H](c1ccc2scnc2c1)N1CCN(c2ncc([S@](C)(=N)=O)cn2)CC1.C[C@H](c1ccc2scnc2c1)N1CCN(c2ncc([S@@](C)(=N)=O)cn2)CC1.C[C@H](c1ccc2scnc2c1)N1CCN(c2ncc([S@](C)(=N)=O)cn2)CC1. The molecule has 12 aromatic rings. The van der Waals surface area contributed by atoms with E-state index in [9.17, 15) is 16.8 Å². The number of rotatable bonds is 16. The molecule has 0 aliphatic carbocycles. The van der Waals surface area contributed by atoms with Crippen LogP contribution in [0.2, 0.25) is 0 Å². The second-order valence-electron chi connectivity index (χ2n) is 27.4. The fourth-order valence-corrected chi connectivity index (χ4v) is 18.0. The van der Waals surface area contributed by atoms with E-state index in [0.717, 1.165) is 127 Å². The van der Waals surface area contributed by atoms with Crippen molar-refractivity contribution in [1.29, 1.82) is 19.1 Å². The molecule has 0 spiro atoms. The van der Waals surface area contributed by atoms with Crippen LogP contribution in [0.25, 0.3) is 40.9 Å². The highest BCUT2D eigenvalue weighted by Gasteiger charge is 2.29. The first kappa shape index (κ1) is 77.7. The molecule has 0 saturated carbocycles. The van der Waals surface area contributed by atoms with Gasteiger partial charge in [0.05, 0.1) is 121 Å². The Balaban J connectivity index is 0.000000127. The van der Waals surface area contributed by atoms with Crippen molar-refractivity contribution in [2.24, 2.45) is 0 Å². The molecule has 8 aromatic heterocycles. The zero-order valence-electron chi connectivity index (χ0n) is 61.3. The van der Waals surface area contributed by atoms with Crippen molar-refractivity contribution in [1.82, 2.24) is 79.4 Å². The summed E-state index contributed by atoms with van der Waals surface area (Å²) in [6.45, 7) is 23.0. The maximum Gasteiger partial charge on any atom is 0.225 e. The third kappa shape index (κ3) is 18.9. The lowest BCUT2D eigenvalue weighted by Gasteiger charge is -2.38. The quantitative estimate of drug-likeness (QED) is 0.0698. The van der Waals surface area contributed by atoms with Crippen molar-refractivity contribution in [3.05, 3.63) is 167 Å². The van der Waals surface area contributed by atoms with Crippen LogP contribution in [0.5, 0.6) is 0 Å². The number of hydrogen-bond acceptors (Lipinski definition) is 32. The minimum absolute atomic E-state index is 0.328. The monoisotopic (exact) mass is 1610 g/mol. The third-order valence-corrected chi connectivity index (χ3v) is 27.9. The largest absolute Gasteiger partial charge is 0.338 e. The van der Waals surface area contributed by atoms with E-state index >= 15 is 0 Å². The van der Waals surface area contributed by atoms with Crippen LogP contribution in [-0.2, 0) is 38.9 Å². The standard InChI is InChI=1S/4C18H22N6OS2/c4*1-13(14-3-4-17-16(9-14)22-12-26-17)23-5-7-24(8-6-23)18-20-10-15(11-21-18)27(2,19)25/h4*3-4,9-13,19H,5-8H2,1-2H3/t2*13-,27+;2*13-,27-/m1010/s1. The Morgan fingerprint density at radius 2 is 0.463 bits per heavy atom. The number of aromatic nitrogens is 12. The number of fused-ring (bicyclic) bond motifs is 4. The molecule has 0 bridgehead atoms. The molecule has 0 amide bonds. The molecule has 4 aliphatic heterocycles. The lowest BCUT2D eigenvalue weighted by atomic mass is 10.1. The highest BCUT2D eigenvalue weighted by molar-refractivity contribution is 7.92. The first-order chi connectivity index (χ1) is 51.7. The minimum Gasteiger partial charge on any atom is -0.338 e. The van der Waals surface area contributed by atoms with Crippen LogP contribution in [0.15, 0.2) is 164 Å². The highest BCUT2D eigenvalue weighted by Crippen LogP contribution is 2.33. The summed E-state index contributed by atoms with van der Waals surface area (Å²) in [6.07, 6.45) is 17.6. The Kier molecular flexibility index (Phi) is 24.1. The zero-order chi connectivity index (χ0) is 76.1. The van der Waals surface area contributed by atoms with Gasteiger partial charge in [-0.15, -0.1) is 45.3 Å². The van der Waals surface area contributed by atoms with E-state index in [1.165, 1.54) is 116 Å². The van der Waals surface area contributed by atoms with Crippen LogP contribution in [0.4, 0.5) is 23.8 Å². The Morgan fingerprint density at radius 1 is 0.287 bits per heavy atom. The molecule has 0 radical (unpaired) electrons. The second kappa shape index (κ2) is 33.4. The molecule has 8 atom stereocenters. The van der Waals surface area contributed by atoms with Crippen LogP contribution < -0.4 is 19.6 Å². The van der Waals surface area contributed by atoms with Gasteiger partial charge in [-0.1, -0.05) is 24.3 Å². The molecule has 36 heteroatoms. The van der Waals surface area contributed by atoms with Crippen molar-refractivity contribution >= 4 is 149 Å². The summed E-state index contributed by atoms with van der Waals surface area (Å²) in [7, 11) is -11.1. The van der Waals surface area contributed by atoms with Gasteiger partial charge in [-0.05, 0) is 98.5 Å². The molecular weight excluding hydrogens is 1520 g/mol. The lowest BCUT2D eigenvalue weighted by Crippen LogP contribution is -2.47. The summed E-state index contributed by atoms with van der Waals surface area (Å²) in [5.74, 6) is 2.55. The topological polar surface area (TPSA) is 344 Å². The van der Waals surface area contributed by atoms with Crippen molar-refractivity contribution in [2.75, 3.05) is 149 Å². The first-order valence-electron chi connectivity index (χ1n) is 35.2. The van der Waals surface area contributed by atoms with E-state index < -0.39 is 38.9 Å². The van der Waals surface area contributed by atoms with Gasteiger partial charge in [-0.25, -0.2) is 95.8 Å². The maximum absolute atomic E-state index is 11.8. The van der Waals surface area contributed by atoms with E-state index in [0.29, 0.717) is 67.5 Å². The molecular formula is C72H88N24O4S8. The molecule has 4 fully saturated rings. The predicted octanol–water partition coefficient (Wildman–Crippen LogP) is 12.0. The summed E-state index contributed by atoms with van der Waals surface area (Å²) in [5, 5.41) is 0. The molecule has 4 N–H and O–H groups in total. The number of thiazole rings is 4. The van der Waals surface area contributed by atoms with E-state index in [1.807, 2.05) is 22.0 Å². The Bertz CT molecular complexity index is 4840. The van der Waals surface area contributed by atoms with Gasteiger partial charge in [0.15, 0.2) is 0 Å². The molecule has 4 aromatic carbocycles. The van der Waals surface area contributed by atoms with Crippen LogP contribution in [-0.4, -0.2) is 226 Å². The molecule has 568 valence electrons. The normalized spacial score (nSPS) is 19.1. The third-order valence-electron chi connectivity index (χ3n) is 20.2. The lowest BCUT2D eigenvalue weighted by molar-refractivity contribution is 0.198. The van der Waals surface area contributed by atoms with Gasteiger partial charge < -0.3 is 19.6 Å². The second-order valence-corrected chi connectivity index (χ2v) is 39.5. The number of piperazine rings is 4. The van der Waals surface area contributed by atoms with Crippen molar-refractivity contribution in [2.45, 2.75) is 71.4 Å². The Hall–Kier alpha value is -8.40. The number of hydrogen-bond donors (Lipinski definition) is 4. The average molecular weight is 1610 g/mol. The van der Waals surface area contributed by atoms with Gasteiger partial charge >= 0.3 is 0 Å². The first-order valence-corrected chi connectivity index (χ1v) is 46.6. The highest BCUT2D eigenvalue weighted by atomic mass is 32.2. The van der Waals surface area contributed by atoms with Crippen molar-refractivity contribution < 1.29 is 16.8 Å². The van der Waals surface area contributed by atoms with E-state index in [1.54, 1.807) is 45.3 Å². The predicted molar refractivity (Wildman–Crippen MR) is 436 cm³/mol. The summed E-state index contributed by atoms with van der Waals surface area (Å²) >= 11 is 6.67. The van der Waals surface area contributed by atoms with E-state index in [4.69, 9.17) is 19.1 Å². The fraction of sp³-hybridized carbons (Fsp3) is 0.389. The molecule has 108 heavy (non-hydrogen) atoms. The van der Waals surface area contributed by atoms with Crippen LogP contribution in [0.1, 0.15) is 74.1 Å². The van der Waals surface area contributed by atoms with Crippen LogP contribution in [0, 0.1) is 19.1 Å². The average Bonchev–Trinajstić information content (AvgIpc) is 1.75. The molecule has 12 heterocycles. The van der Waals surface area contributed by atoms with E-state index in [2.05, 4.69) is 199 Å². The number of anilines is 4. The smallest absolute Gasteiger partial charge is 0.225 e. The number of nitrogens with zero attached hydrogens (tertiary/aromatic N) is 20. The summed E-state index contributed by atoms with van der Waals surface area (Å²) in [4.78, 5) is 72.1. The molecule has 4 saturated heterocycles. The van der Waals surface area contributed by atoms with Gasteiger partial charge in [0.2, 0.25) is 23.8 Å². The summed E-state index contributed by atoms with van der Waals surface area (Å²) < 4.78 is 82.3. The molecule has 28 nitrogen and oxygen atoms in total. The van der Waals surface area contributed by atoms with Crippen molar-refractivity contribution in [3.63, 3.8) is 0 Å². The van der Waals surface area contributed by atoms with Crippen molar-refractivity contribution in [3.8, 4) is 0 Å². The molecule has 4 aliphatic rings. The molecule has 0 unspecified atom stereocenters. The van der Waals surface area contributed by atoms with Gasteiger partial charge in [-0.2, -0.15) is 0 Å².